The van der Waals surface area contributed by atoms with E-state index in [0.29, 0.717) is 11.7 Å². The van der Waals surface area contributed by atoms with Gasteiger partial charge in [0.1, 0.15) is 18.5 Å². The lowest BCUT2D eigenvalue weighted by molar-refractivity contribution is -0.384. The second-order valence-electron chi connectivity index (χ2n) is 6.45. The van der Waals surface area contributed by atoms with Crippen LogP contribution in [0.5, 0.6) is 5.75 Å². The van der Waals surface area contributed by atoms with Gasteiger partial charge in [0.15, 0.2) is 5.96 Å². The molecule has 8 nitrogen and oxygen atoms in total. The highest BCUT2D eigenvalue weighted by Crippen LogP contribution is 2.17. The third kappa shape index (κ3) is 9.88. The number of aryl methyl sites for hydroxylation is 1. The molecular formula is C21H29IN4O4. The highest BCUT2D eigenvalue weighted by molar-refractivity contribution is 14.0. The quantitative estimate of drug-likeness (QED) is 0.103. The third-order valence-electron chi connectivity index (χ3n) is 4.07. The van der Waals surface area contributed by atoms with E-state index in [-0.39, 0.29) is 42.8 Å². The van der Waals surface area contributed by atoms with Crippen LogP contribution < -0.4 is 15.4 Å². The van der Waals surface area contributed by atoms with Gasteiger partial charge in [-0.3, -0.25) is 15.1 Å². The van der Waals surface area contributed by atoms with Crippen LogP contribution >= 0.6 is 24.0 Å². The van der Waals surface area contributed by atoms with Crippen molar-refractivity contribution >= 4 is 35.6 Å². The molecular weight excluding hydrogens is 499 g/mol. The number of nitro benzene ring substituents is 1. The number of nitrogens with one attached hydrogen (secondary N) is 2. The predicted molar refractivity (Wildman–Crippen MR) is 129 cm³/mol. The third-order valence-corrected chi connectivity index (χ3v) is 4.07. The molecule has 0 aliphatic carbocycles. The van der Waals surface area contributed by atoms with Gasteiger partial charge in [-0.2, -0.15) is 0 Å². The number of benzene rings is 2. The molecule has 2 rings (SSSR count). The zero-order valence-electron chi connectivity index (χ0n) is 17.0. The maximum atomic E-state index is 10.6. The Hall–Kier alpha value is -2.40. The molecule has 0 fully saturated rings. The Bertz CT molecular complexity index is 772. The van der Waals surface area contributed by atoms with Crippen LogP contribution in [-0.4, -0.2) is 48.3 Å². The molecule has 1 unspecified atom stereocenters. The van der Waals surface area contributed by atoms with E-state index in [0.717, 1.165) is 25.9 Å². The fraction of sp³-hybridized carbons (Fsp3) is 0.381. The number of aliphatic hydroxyl groups excluding tert-OH is 1. The summed E-state index contributed by atoms with van der Waals surface area (Å²) in [5.74, 6) is 1.11. The fourth-order valence-corrected chi connectivity index (χ4v) is 2.59. The zero-order valence-corrected chi connectivity index (χ0v) is 19.3. The van der Waals surface area contributed by atoms with Crippen molar-refractivity contribution in [1.82, 2.24) is 10.6 Å². The zero-order chi connectivity index (χ0) is 20.9. The van der Waals surface area contributed by atoms with Crippen molar-refractivity contribution in [2.45, 2.75) is 25.9 Å². The lowest BCUT2D eigenvalue weighted by Crippen LogP contribution is -2.38. The van der Waals surface area contributed by atoms with Crippen molar-refractivity contribution in [1.29, 1.82) is 0 Å². The van der Waals surface area contributed by atoms with Gasteiger partial charge in [0.25, 0.3) is 5.69 Å². The average molecular weight is 528 g/mol. The fourth-order valence-electron chi connectivity index (χ4n) is 2.59. The number of halogens is 1. The van der Waals surface area contributed by atoms with Crippen molar-refractivity contribution in [2.75, 3.05) is 26.2 Å². The Labute approximate surface area is 193 Å². The van der Waals surface area contributed by atoms with Crippen LogP contribution in [0.3, 0.4) is 0 Å². The van der Waals surface area contributed by atoms with Gasteiger partial charge in [0.05, 0.1) is 11.5 Å². The maximum Gasteiger partial charge on any atom is 0.269 e. The second kappa shape index (κ2) is 14.6. The number of hydrogen-bond donors (Lipinski definition) is 3. The molecule has 0 aliphatic rings. The molecule has 2 aromatic rings. The maximum absolute atomic E-state index is 10.6. The molecule has 0 heterocycles. The first kappa shape index (κ1) is 25.6. The Morgan fingerprint density at radius 1 is 1.17 bits per heavy atom. The smallest absolute Gasteiger partial charge is 0.269 e. The minimum absolute atomic E-state index is 0. The number of aliphatic imine (C=N–C) groups is 1. The van der Waals surface area contributed by atoms with E-state index >= 15 is 0 Å². The van der Waals surface area contributed by atoms with Gasteiger partial charge in [-0.25, -0.2) is 0 Å². The summed E-state index contributed by atoms with van der Waals surface area (Å²) in [6, 6.07) is 16.0. The molecule has 0 radical (unpaired) electrons. The molecule has 164 valence electrons. The first-order chi connectivity index (χ1) is 14.1. The number of nitrogens with zero attached hydrogens (tertiary/aromatic N) is 2. The van der Waals surface area contributed by atoms with Crippen molar-refractivity contribution in [3.8, 4) is 5.75 Å². The standard InChI is InChI=1S/C21H28N4O4.HI/c1-2-22-21(23-14-6-9-17-7-4-3-5-8-17)24-15-19(26)16-29-20-12-10-18(11-13-20)25(27)28;/h3-5,7-8,10-13,19,26H,2,6,9,14-16H2,1H3,(H2,22,23,24);1H. The first-order valence-corrected chi connectivity index (χ1v) is 9.70. The second-order valence-corrected chi connectivity index (χ2v) is 6.45. The van der Waals surface area contributed by atoms with Crippen LogP contribution in [0.4, 0.5) is 5.69 Å². The Morgan fingerprint density at radius 2 is 1.87 bits per heavy atom. The molecule has 3 N–H and O–H groups in total. The van der Waals surface area contributed by atoms with E-state index in [4.69, 9.17) is 4.74 Å². The minimum Gasteiger partial charge on any atom is -0.491 e. The molecule has 30 heavy (non-hydrogen) atoms. The van der Waals surface area contributed by atoms with Crippen LogP contribution in [-0.2, 0) is 6.42 Å². The molecule has 0 bridgehead atoms. The lowest BCUT2D eigenvalue weighted by Gasteiger charge is -2.14. The summed E-state index contributed by atoms with van der Waals surface area (Å²) in [6.07, 6.45) is 1.17. The molecule has 0 amide bonds. The van der Waals surface area contributed by atoms with Gasteiger partial charge in [0, 0.05) is 25.2 Å². The molecule has 1 atom stereocenters. The SMILES string of the molecule is CCNC(=NCC(O)COc1ccc([N+](=O)[O-])cc1)NCCCc1ccccc1.I. The number of aliphatic hydroxyl groups is 1. The summed E-state index contributed by atoms with van der Waals surface area (Å²) in [7, 11) is 0. The van der Waals surface area contributed by atoms with Crippen molar-refractivity contribution < 1.29 is 14.8 Å². The highest BCUT2D eigenvalue weighted by atomic mass is 127. The van der Waals surface area contributed by atoms with Gasteiger partial charge >= 0.3 is 0 Å². The molecule has 0 saturated heterocycles. The Kier molecular flexibility index (Phi) is 12.4. The van der Waals surface area contributed by atoms with Crippen molar-refractivity contribution in [3.63, 3.8) is 0 Å². The highest BCUT2D eigenvalue weighted by Gasteiger charge is 2.08. The van der Waals surface area contributed by atoms with Crippen molar-refractivity contribution in [3.05, 3.63) is 70.3 Å². The number of nitro groups is 1. The van der Waals surface area contributed by atoms with Gasteiger partial charge in [-0.05, 0) is 37.5 Å². The summed E-state index contributed by atoms with van der Waals surface area (Å²) < 4.78 is 5.46. The van der Waals surface area contributed by atoms with Crippen LogP contribution in [0.2, 0.25) is 0 Å². The summed E-state index contributed by atoms with van der Waals surface area (Å²) in [6.45, 7) is 3.71. The minimum atomic E-state index is -0.787. The van der Waals surface area contributed by atoms with E-state index in [2.05, 4.69) is 27.8 Å². The number of ether oxygens (including phenoxy) is 1. The topological polar surface area (TPSA) is 109 Å². The normalized spacial score (nSPS) is 11.9. The molecule has 0 saturated carbocycles. The van der Waals surface area contributed by atoms with E-state index in [9.17, 15) is 15.2 Å². The lowest BCUT2D eigenvalue weighted by atomic mass is 10.1. The predicted octanol–water partition coefficient (Wildman–Crippen LogP) is 3.14. The summed E-state index contributed by atoms with van der Waals surface area (Å²) in [4.78, 5) is 14.6. The molecule has 0 spiro atoms. The van der Waals surface area contributed by atoms with Crippen LogP contribution in [0, 0.1) is 10.1 Å². The number of rotatable bonds is 11. The largest absolute Gasteiger partial charge is 0.491 e. The van der Waals surface area contributed by atoms with E-state index in [1.807, 2.05) is 25.1 Å². The number of guanidine groups is 1. The number of hydrogen-bond acceptors (Lipinski definition) is 5. The van der Waals surface area contributed by atoms with E-state index in [1.165, 1.54) is 29.8 Å². The van der Waals surface area contributed by atoms with E-state index < -0.39 is 11.0 Å². The average Bonchev–Trinajstić information content (AvgIpc) is 2.74. The Morgan fingerprint density at radius 3 is 2.50 bits per heavy atom. The number of non-ortho nitro benzene ring substituents is 1. The molecule has 0 aliphatic heterocycles. The first-order valence-electron chi connectivity index (χ1n) is 9.70. The van der Waals surface area contributed by atoms with E-state index in [1.54, 1.807) is 0 Å². The summed E-state index contributed by atoms with van der Waals surface area (Å²) >= 11 is 0. The summed E-state index contributed by atoms with van der Waals surface area (Å²) in [5.41, 5.74) is 1.30. The molecule has 0 aromatic heterocycles. The van der Waals surface area contributed by atoms with Gasteiger partial charge < -0.3 is 20.5 Å². The van der Waals surface area contributed by atoms with Crippen LogP contribution in [0.1, 0.15) is 18.9 Å². The Balaban J connectivity index is 0.00000450. The van der Waals surface area contributed by atoms with Gasteiger partial charge in [0.2, 0.25) is 0 Å². The van der Waals surface area contributed by atoms with Crippen molar-refractivity contribution in [2.24, 2.45) is 4.99 Å². The van der Waals surface area contributed by atoms with Crippen LogP contribution in [0.25, 0.3) is 0 Å². The van der Waals surface area contributed by atoms with Gasteiger partial charge in [-0.1, -0.05) is 30.3 Å². The molecule has 9 heteroatoms. The van der Waals surface area contributed by atoms with Gasteiger partial charge in [-0.15, -0.1) is 24.0 Å². The van der Waals surface area contributed by atoms with Crippen LogP contribution in [0.15, 0.2) is 59.6 Å². The summed E-state index contributed by atoms with van der Waals surface area (Å²) in [5, 5.41) is 27.2. The monoisotopic (exact) mass is 528 g/mol. The molecule has 2 aromatic carbocycles.